The number of esters is 1. The normalized spacial score (nSPS) is 15.6. The lowest BCUT2D eigenvalue weighted by atomic mass is 9.72. The highest BCUT2D eigenvalue weighted by atomic mass is 32.1. The van der Waals surface area contributed by atoms with Crippen LogP contribution in [-0.2, 0) is 20.7 Å². The van der Waals surface area contributed by atoms with Crippen molar-refractivity contribution in [3.8, 4) is 0 Å². The van der Waals surface area contributed by atoms with Gasteiger partial charge in [-0.15, -0.1) is 11.3 Å². The number of aryl methyl sites for hydroxylation is 1. The second-order valence-electron chi connectivity index (χ2n) is 8.03. The van der Waals surface area contributed by atoms with Crippen molar-refractivity contribution in [3.63, 3.8) is 0 Å². The van der Waals surface area contributed by atoms with Crippen molar-refractivity contribution in [1.82, 2.24) is 4.98 Å². The number of nitrogens with one attached hydrogen (secondary N) is 1. The number of amides is 1. The standard InChI is InChI=1S/C24H26N2O3S/c1-17-9-3-4-10-18(17)25-21(27)16-29-23(28)24(13-7-2-8-14-24)15-22-26-19-11-5-6-12-20(19)30-22/h3-6,9-12H,2,7-8,13-16H2,1H3,(H,25,27). The highest BCUT2D eigenvalue weighted by molar-refractivity contribution is 7.18. The van der Waals surface area contributed by atoms with Gasteiger partial charge < -0.3 is 10.1 Å². The fraction of sp³-hybridized carbons (Fsp3) is 0.375. The van der Waals surface area contributed by atoms with Crippen LogP contribution in [0.3, 0.4) is 0 Å². The third kappa shape index (κ3) is 4.54. The topological polar surface area (TPSA) is 68.3 Å². The molecule has 0 bridgehead atoms. The first-order valence-electron chi connectivity index (χ1n) is 10.4. The van der Waals surface area contributed by atoms with Crippen LogP contribution in [-0.4, -0.2) is 23.5 Å². The van der Waals surface area contributed by atoms with Crippen LogP contribution in [0.1, 0.15) is 42.7 Å². The zero-order chi connectivity index (χ0) is 21.0. The molecular formula is C24H26N2O3S. The van der Waals surface area contributed by atoms with E-state index in [1.54, 1.807) is 11.3 Å². The van der Waals surface area contributed by atoms with Crippen molar-refractivity contribution in [2.45, 2.75) is 45.4 Å². The number of benzene rings is 2. The average Bonchev–Trinajstić information content (AvgIpc) is 3.16. The Labute approximate surface area is 180 Å². The Morgan fingerprint density at radius 2 is 1.80 bits per heavy atom. The van der Waals surface area contributed by atoms with E-state index in [4.69, 9.17) is 9.72 Å². The van der Waals surface area contributed by atoms with Crippen LogP contribution in [0.25, 0.3) is 10.2 Å². The molecule has 0 unspecified atom stereocenters. The van der Waals surface area contributed by atoms with Gasteiger partial charge in [0.15, 0.2) is 6.61 Å². The molecule has 1 saturated carbocycles. The number of fused-ring (bicyclic) bond motifs is 1. The molecule has 1 amide bonds. The SMILES string of the molecule is Cc1ccccc1NC(=O)COC(=O)C1(Cc2nc3ccccc3s2)CCCCC1. The summed E-state index contributed by atoms with van der Waals surface area (Å²) in [4.78, 5) is 30.2. The maximum Gasteiger partial charge on any atom is 0.313 e. The summed E-state index contributed by atoms with van der Waals surface area (Å²) in [5.74, 6) is -0.593. The molecule has 1 aromatic heterocycles. The number of para-hydroxylation sites is 2. The third-order valence-electron chi connectivity index (χ3n) is 5.82. The number of aromatic nitrogens is 1. The van der Waals surface area contributed by atoms with E-state index >= 15 is 0 Å². The van der Waals surface area contributed by atoms with E-state index in [-0.39, 0.29) is 18.5 Å². The largest absolute Gasteiger partial charge is 0.455 e. The lowest BCUT2D eigenvalue weighted by molar-refractivity contribution is -0.160. The van der Waals surface area contributed by atoms with E-state index in [9.17, 15) is 9.59 Å². The van der Waals surface area contributed by atoms with Crippen LogP contribution in [0.2, 0.25) is 0 Å². The van der Waals surface area contributed by atoms with E-state index < -0.39 is 5.41 Å². The molecule has 4 rings (SSSR count). The fourth-order valence-corrected chi connectivity index (χ4v) is 5.26. The number of ether oxygens (including phenoxy) is 1. The molecule has 6 heteroatoms. The van der Waals surface area contributed by atoms with E-state index in [1.165, 1.54) is 0 Å². The van der Waals surface area contributed by atoms with Gasteiger partial charge in [0.1, 0.15) is 0 Å². The second kappa shape index (κ2) is 8.96. The smallest absolute Gasteiger partial charge is 0.313 e. The summed E-state index contributed by atoms with van der Waals surface area (Å²) >= 11 is 1.64. The van der Waals surface area contributed by atoms with Gasteiger partial charge in [0.2, 0.25) is 0 Å². The molecule has 1 aliphatic rings. The van der Waals surface area contributed by atoms with Crippen molar-refractivity contribution >= 4 is 39.1 Å². The highest BCUT2D eigenvalue weighted by Gasteiger charge is 2.42. The molecule has 1 fully saturated rings. The Bertz CT molecular complexity index is 1020. The summed E-state index contributed by atoms with van der Waals surface area (Å²) in [6.45, 7) is 1.66. The van der Waals surface area contributed by atoms with E-state index in [1.807, 2.05) is 49.4 Å². The summed E-state index contributed by atoms with van der Waals surface area (Å²) in [7, 11) is 0. The minimum atomic E-state index is -0.588. The van der Waals surface area contributed by atoms with Gasteiger partial charge >= 0.3 is 5.97 Å². The van der Waals surface area contributed by atoms with Crippen molar-refractivity contribution in [1.29, 1.82) is 0 Å². The van der Waals surface area contributed by atoms with E-state index in [0.29, 0.717) is 6.42 Å². The number of thiazole rings is 1. The molecule has 2 aromatic carbocycles. The molecule has 30 heavy (non-hydrogen) atoms. The Morgan fingerprint density at radius 1 is 1.07 bits per heavy atom. The van der Waals surface area contributed by atoms with Crippen LogP contribution >= 0.6 is 11.3 Å². The van der Waals surface area contributed by atoms with Gasteiger partial charge in [-0.25, -0.2) is 4.98 Å². The van der Waals surface area contributed by atoms with Crippen molar-refractivity contribution in [2.24, 2.45) is 5.41 Å². The van der Waals surface area contributed by atoms with Gasteiger partial charge in [-0.3, -0.25) is 9.59 Å². The average molecular weight is 423 g/mol. The number of anilines is 1. The van der Waals surface area contributed by atoms with Crippen LogP contribution in [0.5, 0.6) is 0 Å². The molecule has 1 aliphatic carbocycles. The van der Waals surface area contributed by atoms with Gasteiger partial charge in [0.05, 0.1) is 20.6 Å². The predicted octanol–water partition coefficient (Wildman–Crippen LogP) is 5.28. The molecule has 5 nitrogen and oxygen atoms in total. The zero-order valence-electron chi connectivity index (χ0n) is 17.1. The van der Waals surface area contributed by atoms with Gasteiger partial charge in [0, 0.05) is 12.1 Å². The van der Waals surface area contributed by atoms with Gasteiger partial charge in [-0.05, 0) is 43.5 Å². The molecule has 0 saturated heterocycles. The molecule has 3 aromatic rings. The maximum absolute atomic E-state index is 13.1. The lowest BCUT2D eigenvalue weighted by Gasteiger charge is -2.34. The third-order valence-corrected chi connectivity index (χ3v) is 6.86. The number of nitrogens with zero attached hydrogens (tertiary/aromatic N) is 1. The van der Waals surface area contributed by atoms with Crippen LogP contribution in [0.4, 0.5) is 5.69 Å². The molecule has 0 atom stereocenters. The van der Waals surface area contributed by atoms with Gasteiger partial charge in [-0.2, -0.15) is 0 Å². The second-order valence-corrected chi connectivity index (χ2v) is 9.15. The Morgan fingerprint density at radius 3 is 2.57 bits per heavy atom. The van der Waals surface area contributed by atoms with Crippen molar-refractivity contribution < 1.29 is 14.3 Å². The number of carbonyl (C=O) groups is 2. The van der Waals surface area contributed by atoms with Crippen LogP contribution in [0, 0.1) is 12.3 Å². The van der Waals surface area contributed by atoms with Crippen molar-refractivity contribution in [3.05, 3.63) is 59.1 Å². The number of rotatable bonds is 6. The molecular weight excluding hydrogens is 396 g/mol. The minimum Gasteiger partial charge on any atom is -0.455 e. The number of carbonyl (C=O) groups excluding carboxylic acids is 2. The quantitative estimate of drug-likeness (QED) is 0.549. The van der Waals surface area contributed by atoms with Crippen LogP contribution < -0.4 is 5.32 Å². The fourth-order valence-electron chi connectivity index (χ4n) is 4.15. The lowest BCUT2D eigenvalue weighted by Crippen LogP contribution is -2.38. The number of hydrogen-bond donors (Lipinski definition) is 1. The first-order valence-corrected chi connectivity index (χ1v) is 11.2. The summed E-state index contributed by atoms with van der Waals surface area (Å²) < 4.78 is 6.66. The summed E-state index contributed by atoms with van der Waals surface area (Å²) in [6, 6.07) is 15.6. The summed E-state index contributed by atoms with van der Waals surface area (Å²) in [6.07, 6.45) is 5.25. The summed E-state index contributed by atoms with van der Waals surface area (Å²) in [5, 5.41) is 3.78. The zero-order valence-corrected chi connectivity index (χ0v) is 18.0. The maximum atomic E-state index is 13.1. The minimum absolute atomic E-state index is 0.269. The Hall–Kier alpha value is -2.73. The van der Waals surface area contributed by atoms with E-state index in [2.05, 4.69) is 11.4 Å². The molecule has 1 N–H and O–H groups in total. The molecule has 1 heterocycles. The van der Waals surface area contributed by atoms with Crippen LogP contribution in [0.15, 0.2) is 48.5 Å². The Kier molecular flexibility index (Phi) is 6.13. The molecule has 156 valence electrons. The first kappa shape index (κ1) is 20.5. The van der Waals surface area contributed by atoms with Gasteiger partial charge in [-0.1, -0.05) is 49.6 Å². The number of hydrogen-bond acceptors (Lipinski definition) is 5. The molecule has 0 radical (unpaired) electrons. The molecule has 0 spiro atoms. The highest BCUT2D eigenvalue weighted by Crippen LogP contribution is 2.41. The summed E-state index contributed by atoms with van der Waals surface area (Å²) in [5.41, 5.74) is 2.08. The van der Waals surface area contributed by atoms with Crippen molar-refractivity contribution in [2.75, 3.05) is 11.9 Å². The van der Waals surface area contributed by atoms with E-state index in [0.717, 1.165) is 58.6 Å². The monoisotopic (exact) mass is 422 g/mol. The Balaban J connectivity index is 1.44. The van der Waals surface area contributed by atoms with Gasteiger partial charge in [0.25, 0.3) is 5.91 Å². The molecule has 0 aliphatic heterocycles. The first-order chi connectivity index (χ1) is 14.6. The predicted molar refractivity (Wildman–Crippen MR) is 120 cm³/mol.